The van der Waals surface area contributed by atoms with Gasteiger partial charge < -0.3 is 10.2 Å². The van der Waals surface area contributed by atoms with Crippen molar-refractivity contribution in [2.45, 2.75) is 26.3 Å². The lowest BCUT2D eigenvalue weighted by atomic mass is 10.1. The van der Waals surface area contributed by atoms with Crippen LogP contribution in [0.15, 0.2) is 34.7 Å². The van der Waals surface area contributed by atoms with Gasteiger partial charge in [-0.05, 0) is 32.0 Å². The maximum absolute atomic E-state index is 6.27. The van der Waals surface area contributed by atoms with Crippen molar-refractivity contribution in [3.8, 4) is 0 Å². The first-order valence-electron chi connectivity index (χ1n) is 6.30. The summed E-state index contributed by atoms with van der Waals surface area (Å²) in [5.74, 6) is 1.82. The topological polar surface area (TPSA) is 52.0 Å². The molecule has 1 unspecified atom stereocenters. The number of thiazole rings is 1. The Hall–Kier alpha value is -1.65. The van der Waals surface area contributed by atoms with Crippen molar-refractivity contribution in [2.75, 3.05) is 0 Å². The monoisotopic (exact) mass is 272 g/mol. The molecule has 0 aliphatic heterocycles. The summed E-state index contributed by atoms with van der Waals surface area (Å²) in [6, 6.07) is 10.1. The maximum atomic E-state index is 6.27. The number of furan rings is 1. The van der Waals surface area contributed by atoms with E-state index in [0.717, 1.165) is 34.0 Å². The molecular weight excluding hydrogens is 256 g/mol. The Morgan fingerprint density at radius 2 is 2.11 bits per heavy atom. The molecule has 3 nitrogen and oxygen atoms in total. The Bertz CT molecular complexity index is 681. The smallest absolute Gasteiger partial charge is 0.105 e. The molecule has 0 fully saturated rings. The van der Waals surface area contributed by atoms with Crippen LogP contribution in [0, 0.1) is 13.8 Å². The van der Waals surface area contributed by atoms with Gasteiger partial charge in [-0.1, -0.05) is 12.1 Å². The highest BCUT2D eigenvalue weighted by Crippen LogP contribution is 2.27. The van der Waals surface area contributed by atoms with E-state index in [0.29, 0.717) is 0 Å². The van der Waals surface area contributed by atoms with E-state index in [-0.39, 0.29) is 6.04 Å². The third kappa shape index (κ3) is 2.41. The predicted octanol–water partition coefficient (Wildman–Crippen LogP) is 3.75. The van der Waals surface area contributed by atoms with Gasteiger partial charge in [-0.2, -0.15) is 0 Å². The molecule has 19 heavy (non-hydrogen) atoms. The van der Waals surface area contributed by atoms with Crippen molar-refractivity contribution in [3.05, 3.63) is 52.4 Å². The molecule has 0 aliphatic rings. The first kappa shape index (κ1) is 12.4. The molecule has 3 aromatic rings. The van der Waals surface area contributed by atoms with Crippen LogP contribution in [0.4, 0.5) is 0 Å². The van der Waals surface area contributed by atoms with Crippen LogP contribution in [0.3, 0.4) is 0 Å². The van der Waals surface area contributed by atoms with Gasteiger partial charge in [0.05, 0.1) is 15.2 Å². The van der Waals surface area contributed by atoms with E-state index >= 15 is 0 Å². The zero-order chi connectivity index (χ0) is 13.4. The minimum absolute atomic E-state index is 0.0574. The Labute approximate surface area is 116 Å². The van der Waals surface area contributed by atoms with Crippen molar-refractivity contribution in [1.29, 1.82) is 0 Å². The summed E-state index contributed by atoms with van der Waals surface area (Å²) in [6.07, 6.45) is 0.749. The third-order valence-electron chi connectivity index (χ3n) is 3.21. The molecular formula is C15H16N2OS. The van der Waals surface area contributed by atoms with Crippen LogP contribution >= 0.6 is 11.3 Å². The minimum atomic E-state index is -0.0574. The van der Waals surface area contributed by atoms with Crippen LogP contribution < -0.4 is 5.73 Å². The van der Waals surface area contributed by atoms with Crippen LogP contribution in [0.2, 0.25) is 0 Å². The Morgan fingerprint density at radius 1 is 1.32 bits per heavy atom. The lowest BCUT2D eigenvalue weighted by Crippen LogP contribution is -2.13. The van der Waals surface area contributed by atoms with Gasteiger partial charge in [0.15, 0.2) is 0 Å². The van der Waals surface area contributed by atoms with Crippen molar-refractivity contribution < 1.29 is 4.42 Å². The Balaban J connectivity index is 1.86. The number of benzene rings is 1. The van der Waals surface area contributed by atoms with Crippen LogP contribution in [0.1, 0.15) is 28.1 Å². The van der Waals surface area contributed by atoms with E-state index in [9.17, 15) is 0 Å². The molecule has 0 amide bonds. The largest absolute Gasteiger partial charge is 0.466 e. The van der Waals surface area contributed by atoms with Gasteiger partial charge in [-0.15, -0.1) is 11.3 Å². The second kappa shape index (κ2) is 4.79. The average molecular weight is 272 g/mol. The van der Waals surface area contributed by atoms with Crippen molar-refractivity contribution in [2.24, 2.45) is 5.73 Å². The van der Waals surface area contributed by atoms with Gasteiger partial charge in [0.25, 0.3) is 0 Å². The zero-order valence-electron chi connectivity index (χ0n) is 11.0. The molecule has 2 N–H and O–H groups in total. The number of nitrogens with zero attached hydrogens (tertiary/aromatic N) is 1. The van der Waals surface area contributed by atoms with Gasteiger partial charge in [-0.3, -0.25) is 0 Å². The highest BCUT2D eigenvalue weighted by molar-refractivity contribution is 7.18. The summed E-state index contributed by atoms with van der Waals surface area (Å²) in [6.45, 7) is 3.90. The van der Waals surface area contributed by atoms with Crippen LogP contribution in [-0.4, -0.2) is 4.98 Å². The maximum Gasteiger partial charge on any atom is 0.105 e. The van der Waals surface area contributed by atoms with E-state index < -0.39 is 0 Å². The quantitative estimate of drug-likeness (QED) is 0.790. The van der Waals surface area contributed by atoms with Gasteiger partial charge in [0.2, 0.25) is 0 Å². The normalized spacial score (nSPS) is 13.0. The number of hydrogen-bond acceptors (Lipinski definition) is 4. The fourth-order valence-electron chi connectivity index (χ4n) is 2.32. The summed E-state index contributed by atoms with van der Waals surface area (Å²) in [4.78, 5) is 4.62. The number of para-hydroxylation sites is 1. The number of hydrogen-bond donors (Lipinski definition) is 1. The molecule has 0 saturated carbocycles. The number of fused-ring (bicyclic) bond motifs is 1. The average Bonchev–Trinajstić information content (AvgIpc) is 2.91. The lowest BCUT2D eigenvalue weighted by Gasteiger charge is -2.07. The number of aromatic nitrogens is 1. The Kier molecular flexibility index (Phi) is 3.12. The Morgan fingerprint density at radius 3 is 2.79 bits per heavy atom. The number of nitrogens with two attached hydrogens (primary N) is 1. The van der Waals surface area contributed by atoms with Crippen molar-refractivity contribution in [1.82, 2.24) is 4.98 Å². The fraction of sp³-hybridized carbons (Fsp3) is 0.267. The molecule has 3 rings (SSSR count). The number of aryl methyl sites for hydroxylation is 2. The van der Waals surface area contributed by atoms with E-state index in [4.69, 9.17) is 10.2 Å². The summed E-state index contributed by atoms with van der Waals surface area (Å²) < 4.78 is 6.75. The van der Waals surface area contributed by atoms with Crippen molar-refractivity contribution in [3.63, 3.8) is 0 Å². The fourth-order valence-corrected chi connectivity index (χ4v) is 3.35. The zero-order valence-corrected chi connectivity index (χ0v) is 11.8. The molecule has 0 saturated heterocycles. The third-order valence-corrected chi connectivity index (χ3v) is 4.27. The van der Waals surface area contributed by atoms with Crippen LogP contribution in [-0.2, 0) is 6.42 Å². The molecule has 4 heteroatoms. The molecule has 1 aromatic carbocycles. The van der Waals surface area contributed by atoms with Gasteiger partial charge in [0, 0.05) is 18.0 Å². The molecule has 2 heterocycles. The van der Waals surface area contributed by atoms with Crippen LogP contribution in [0.25, 0.3) is 10.2 Å². The minimum Gasteiger partial charge on any atom is -0.466 e. The highest BCUT2D eigenvalue weighted by Gasteiger charge is 2.15. The van der Waals surface area contributed by atoms with E-state index in [1.54, 1.807) is 11.3 Å². The summed E-state index contributed by atoms with van der Waals surface area (Å²) in [5, 5.41) is 1.08. The van der Waals surface area contributed by atoms with Gasteiger partial charge in [0.1, 0.15) is 11.5 Å². The molecule has 0 radical (unpaired) electrons. The summed E-state index contributed by atoms with van der Waals surface area (Å²) in [5.41, 5.74) is 8.40. The van der Waals surface area contributed by atoms with Crippen LogP contribution in [0.5, 0.6) is 0 Å². The molecule has 0 bridgehead atoms. The first-order chi connectivity index (χ1) is 9.13. The summed E-state index contributed by atoms with van der Waals surface area (Å²) >= 11 is 1.71. The number of rotatable bonds is 3. The summed E-state index contributed by atoms with van der Waals surface area (Å²) in [7, 11) is 0. The second-order valence-corrected chi connectivity index (χ2v) is 5.87. The second-order valence-electron chi connectivity index (χ2n) is 4.75. The van der Waals surface area contributed by atoms with E-state index in [1.807, 2.05) is 38.1 Å². The molecule has 98 valence electrons. The molecule has 1 atom stereocenters. The molecule has 0 aliphatic carbocycles. The van der Waals surface area contributed by atoms with Gasteiger partial charge >= 0.3 is 0 Å². The van der Waals surface area contributed by atoms with Gasteiger partial charge in [-0.25, -0.2) is 4.98 Å². The SMILES string of the molecule is Cc1cc(C(N)Cc2nc3ccccc3s2)c(C)o1. The van der Waals surface area contributed by atoms with Crippen molar-refractivity contribution >= 4 is 21.6 Å². The van der Waals surface area contributed by atoms with E-state index in [2.05, 4.69) is 11.1 Å². The standard InChI is InChI=1S/C15H16N2OS/c1-9-7-11(10(2)18-9)12(16)8-15-17-13-5-3-4-6-14(13)19-15/h3-7,12H,8,16H2,1-2H3. The lowest BCUT2D eigenvalue weighted by molar-refractivity contribution is 0.497. The van der Waals surface area contributed by atoms with E-state index in [1.165, 1.54) is 4.70 Å². The molecule has 2 aromatic heterocycles. The first-order valence-corrected chi connectivity index (χ1v) is 7.12. The predicted molar refractivity (Wildman–Crippen MR) is 78.4 cm³/mol. The highest BCUT2D eigenvalue weighted by atomic mass is 32.1. The molecule has 0 spiro atoms.